The van der Waals surface area contributed by atoms with Crippen molar-refractivity contribution in [3.8, 4) is 0 Å². The summed E-state index contributed by atoms with van der Waals surface area (Å²) in [6.07, 6.45) is 2.10. The summed E-state index contributed by atoms with van der Waals surface area (Å²) in [7, 11) is 0. The second-order valence-electron chi connectivity index (χ2n) is 8.77. The van der Waals surface area contributed by atoms with Crippen LogP contribution < -0.4 is 10.2 Å². The molecule has 7 nitrogen and oxygen atoms in total. The molecule has 1 N–H and O–H groups in total. The van der Waals surface area contributed by atoms with Gasteiger partial charge in [0.2, 0.25) is 0 Å². The molecule has 4 rings (SSSR count). The van der Waals surface area contributed by atoms with Crippen molar-refractivity contribution < 1.29 is 9.53 Å². The van der Waals surface area contributed by atoms with Gasteiger partial charge >= 0.3 is 6.09 Å². The van der Waals surface area contributed by atoms with E-state index in [4.69, 9.17) is 14.7 Å². The third-order valence-corrected chi connectivity index (χ3v) is 5.02. The molecule has 2 fully saturated rings. The molecule has 7 heteroatoms. The number of carbonyl (C=O) groups is 1. The average molecular weight is 383 g/mol. The van der Waals surface area contributed by atoms with Crippen molar-refractivity contribution in [1.82, 2.24) is 14.9 Å². The van der Waals surface area contributed by atoms with Crippen molar-refractivity contribution in [1.29, 1.82) is 0 Å². The molecule has 1 unspecified atom stereocenters. The van der Waals surface area contributed by atoms with Crippen LogP contribution in [0.15, 0.2) is 24.3 Å². The summed E-state index contributed by atoms with van der Waals surface area (Å²) < 4.78 is 5.54. The Kier molecular flexibility index (Phi) is 4.77. The maximum absolute atomic E-state index is 12.4. The molecule has 1 aromatic carbocycles. The van der Waals surface area contributed by atoms with Gasteiger partial charge in [0, 0.05) is 31.7 Å². The Labute approximate surface area is 166 Å². The molecule has 150 valence electrons. The van der Waals surface area contributed by atoms with Crippen molar-refractivity contribution in [3.05, 3.63) is 24.3 Å². The molecular weight excluding hydrogens is 354 g/mol. The lowest BCUT2D eigenvalue weighted by Gasteiger charge is -2.41. The van der Waals surface area contributed by atoms with Crippen molar-refractivity contribution >= 4 is 28.8 Å². The number of amides is 1. The number of hydrogen-bond donors (Lipinski definition) is 1. The molecular formula is C21H29N5O2. The summed E-state index contributed by atoms with van der Waals surface area (Å²) in [6.45, 7) is 9.71. The van der Waals surface area contributed by atoms with Crippen LogP contribution in [0.4, 0.5) is 16.4 Å². The summed E-state index contributed by atoms with van der Waals surface area (Å²) >= 11 is 0. The molecule has 0 spiro atoms. The van der Waals surface area contributed by atoms with E-state index in [-0.39, 0.29) is 12.1 Å². The number of fused-ring (bicyclic) bond motifs is 1. The zero-order valence-corrected chi connectivity index (χ0v) is 17.1. The number of benzene rings is 1. The number of hydrogen-bond acceptors (Lipinski definition) is 6. The smallest absolute Gasteiger partial charge is 0.410 e. The molecule has 1 aromatic heterocycles. The molecule has 0 bridgehead atoms. The first kappa shape index (κ1) is 18.8. The first-order chi connectivity index (χ1) is 13.3. The normalized spacial score (nSPS) is 20.4. The zero-order chi connectivity index (χ0) is 19.9. The highest BCUT2D eigenvalue weighted by Gasteiger charge is 2.33. The highest BCUT2D eigenvalue weighted by atomic mass is 16.6. The van der Waals surface area contributed by atoms with Crippen molar-refractivity contribution in [2.45, 2.75) is 58.2 Å². The summed E-state index contributed by atoms with van der Waals surface area (Å²) in [5.41, 5.74) is 1.30. The second kappa shape index (κ2) is 7.11. The Morgan fingerprint density at radius 1 is 1.14 bits per heavy atom. The molecule has 1 atom stereocenters. The molecule has 2 aromatic rings. The molecule has 2 aliphatic rings. The van der Waals surface area contributed by atoms with E-state index in [0.29, 0.717) is 25.7 Å². The van der Waals surface area contributed by atoms with Gasteiger partial charge in [0.1, 0.15) is 5.60 Å². The lowest BCUT2D eigenvalue weighted by Crippen LogP contribution is -2.55. The van der Waals surface area contributed by atoms with Crippen LogP contribution in [-0.4, -0.2) is 58.3 Å². The minimum absolute atomic E-state index is 0.122. The maximum Gasteiger partial charge on any atom is 0.410 e. The second-order valence-corrected chi connectivity index (χ2v) is 8.77. The van der Waals surface area contributed by atoms with Gasteiger partial charge in [0.05, 0.1) is 11.0 Å². The van der Waals surface area contributed by atoms with E-state index < -0.39 is 5.60 Å². The zero-order valence-electron chi connectivity index (χ0n) is 17.1. The molecule has 1 amide bonds. The molecule has 1 aliphatic heterocycles. The van der Waals surface area contributed by atoms with Crippen LogP contribution in [0, 0.1) is 0 Å². The number of para-hydroxylation sites is 2. The van der Waals surface area contributed by atoms with Crippen LogP contribution in [0.5, 0.6) is 0 Å². The fourth-order valence-corrected chi connectivity index (χ4v) is 3.47. The van der Waals surface area contributed by atoms with Gasteiger partial charge in [-0.15, -0.1) is 0 Å². The Bertz CT molecular complexity index is 875. The number of piperazine rings is 1. The van der Waals surface area contributed by atoms with Gasteiger partial charge in [0.15, 0.2) is 11.6 Å². The van der Waals surface area contributed by atoms with Gasteiger partial charge in [0.25, 0.3) is 0 Å². The summed E-state index contributed by atoms with van der Waals surface area (Å²) in [5, 5.41) is 3.54. The summed E-state index contributed by atoms with van der Waals surface area (Å²) in [5.74, 6) is 1.72. The Balaban J connectivity index is 1.57. The van der Waals surface area contributed by atoms with Crippen LogP contribution >= 0.6 is 0 Å². The highest BCUT2D eigenvalue weighted by Crippen LogP contribution is 2.32. The molecule has 1 saturated carbocycles. The highest BCUT2D eigenvalue weighted by molar-refractivity contribution is 5.81. The third-order valence-electron chi connectivity index (χ3n) is 5.02. The third kappa shape index (κ3) is 4.13. The fourth-order valence-electron chi connectivity index (χ4n) is 3.47. The van der Waals surface area contributed by atoms with Crippen LogP contribution in [0.25, 0.3) is 11.0 Å². The summed E-state index contributed by atoms with van der Waals surface area (Å²) in [4.78, 5) is 26.3. The lowest BCUT2D eigenvalue weighted by molar-refractivity contribution is 0.0218. The van der Waals surface area contributed by atoms with Gasteiger partial charge in [-0.05, 0) is 52.7 Å². The van der Waals surface area contributed by atoms with Crippen molar-refractivity contribution in [2.24, 2.45) is 0 Å². The van der Waals surface area contributed by atoms with Gasteiger partial charge in [-0.1, -0.05) is 12.1 Å². The number of ether oxygens (including phenoxy) is 1. The Morgan fingerprint density at radius 3 is 2.43 bits per heavy atom. The van der Waals surface area contributed by atoms with E-state index in [0.717, 1.165) is 22.7 Å². The van der Waals surface area contributed by atoms with Gasteiger partial charge in [-0.2, -0.15) is 0 Å². The van der Waals surface area contributed by atoms with E-state index in [1.54, 1.807) is 4.90 Å². The monoisotopic (exact) mass is 383 g/mol. The van der Waals surface area contributed by atoms with Crippen LogP contribution in [0.3, 0.4) is 0 Å². The van der Waals surface area contributed by atoms with Crippen LogP contribution in [0.1, 0.15) is 40.5 Å². The van der Waals surface area contributed by atoms with Crippen molar-refractivity contribution in [3.63, 3.8) is 0 Å². The number of aromatic nitrogens is 2. The summed E-state index contributed by atoms with van der Waals surface area (Å²) in [6, 6.07) is 8.57. The van der Waals surface area contributed by atoms with Crippen LogP contribution in [0.2, 0.25) is 0 Å². The topological polar surface area (TPSA) is 70.6 Å². The standard InChI is InChI=1S/C21H29N5O2/c1-14-13-25(20(27)28-21(2,3)4)11-12-26(14)19-18(22-15-9-10-15)23-16-7-5-6-8-17(16)24-19/h5-8,14-15H,9-13H2,1-4H3,(H,22,23). The first-order valence-corrected chi connectivity index (χ1v) is 10.1. The van der Waals surface area contributed by atoms with E-state index in [9.17, 15) is 4.79 Å². The quantitative estimate of drug-likeness (QED) is 0.872. The molecule has 1 saturated heterocycles. The number of nitrogens with one attached hydrogen (secondary N) is 1. The predicted molar refractivity (Wildman–Crippen MR) is 111 cm³/mol. The van der Waals surface area contributed by atoms with Gasteiger partial charge in [-0.3, -0.25) is 0 Å². The molecule has 0 radical (unpaired) electrons. The SMILES string of the molecule is CC1CN(C(=O)OC(C)(C)C)CCN1c1nc2ccccc2nc1NC1CC1. The van der Waals surface area contributed by atoms with E-state index in [1.807, 2.05) is 45.0 Å². The molecule has 2 heterocycles. The first-order valence-electron chi connectivity index (χ1n) is 10.1. The predicted octanol–water partition coefficient (Wildman–Crippen LogP) is 3.65. The number of anilines is 2. The maximum atomic E-state index is 12.4. The lowest BCUT2D eigenvalue weighted by atomic mass is 10.2. The van der Waals surface area contributed by atoms with Gasteiger partial charge < -0.3 is 19.9 Å². The van der Waals surface area contributed by atoms with E-state index >= 15 is 0 Å². The van der Waals surface area contributed by atoms with Crippen molar-refractivity contribution in [2.75, 3.05) is 29.9 Å². The fraction of sp³-hybridized carbons (Fsp3) is 0.571. The minimum atomic E-state index is -0.484. The Morgan fingerprint density at radius 2 is 1.82 bits per heavy atom. The molecule has 1 aliphatic carbocycles. The Hall–Kier alpha value is -2.57. The number of carbonyl (C=O) groups excluding carboxylic acids is 1. The van der Waals surface area contributed by atoms with Crippen LogP contribution in [-0.2, 0) is 4.74 Å². The van der Waals surface area contributed by atoms with E-state index in [1.165, 1.54) is 12.8 Å². The van der Waals surface area contributed by atoms with E-state index in [2.05, 4.69) is 17.1 Å². The largest absolute Gasteiger partial charge is 0.444 e. The minimum Gasteiger partial charge on any atom is -0.444 e. The number of nitrogens with zero attached hydrogens (tertiary/aromatic N) is 4. The average Bonchev–Trinajstić information content (AvgIpc) is 3.44. The number of rotatable bonds is 3. The molecule has 28 heavy (non-hydrogen) atoms. The van der Waals surface area contributed by atoms with Gasteiger partial charge in [-0.25, -0.2) is 14.8 Å².